The Kier molecular flexibility index (Phi) is 2.60. The minimum atomic E-state index is -0.565. The number of benzene rings is 2. The largest absolute Gasteiger partial charge is 0.508 e. The van der Waals surface area contributed by atoms with Crippen molar-refractivity contribution in [1.29, 1.82) is 0 Å². The summed E-state index contributed by atoms with van der Waals surface area (Å²) in [4.78, 5) is 0. The molecule has 0 bridgehead atoms. The van der Waals surface area contributed by atoms with Gasteiger partial charge in [-0.25, -0.2) is 8.78 Å². The average Bonchev–Trinajstić information content (AvgIpc) is 2.15. The van der Waals surface area contributed by atoms with Crippen LogP contribution in [0.2, 0.25) is 0 Å². The lowest BCUT2D eigenvalue weighted by Gasteiger charge is -2.05. The normalized spacial score (nSPS) is 10.4. The van der Waals surface area contributed by atoms with Crippen LogP contribution in [-0.2, 0) is 0 Å². The van der Waals surface area contributed by atoms with E-state index in [0.29, 0.717) is 5.56 Å². The Bertz CT molecular complexity index is 515. The molecule has 2 rings (SSSR count). The van der Waals surface area contributed by atoms with Crippen LogP contribution in [0.1, 0.15) is 5.56 Å². The molecule has 82 valence electrons. The van der Waals surface area contributed by atoms with Crippen LogP contribution < -0.4 is 0 Å². The summed E-state index contributed by atoms with van der Waals surface area (Å²) in [7, 11) is 0. The lowest BCUT2D eigenvalue weighted by molar-refractivity contribution is 0.469. The van der Waals surface area contributed by atoms with Crippen LogP contribution >= 0.6 is 0 Å². The Morgan fingerprint density at radius 2 is 1.75 bits per heavy atom. The van der Waals surface area contributed by atoms with Gasteiger partial charge in [0.15, 0.2) is 0 Å². The lowest BCUT2D eigenvalue weighted by Crippen LogP contribution is -1.87. The maximum atomic E-state index is 13.5. The van der Waals surface area contributed by atoms with Crippen LogP contribution in [0.3, 0.4) is 0 Å². The van der Waals surface area contributed by atoms with Gasteiger partial charge in [0.2, 0.25) is 0 Å². The van der Waals surface area contributed by atoms with E-state index in [4.69, 9.17) is 5.11 Å². The molecule has 0 amide bonds. The topological polar surface area (TPSA) is 20.2 Å². The predicted octanol–water partition coefficient (Wildman–Crippen LogP) is 3.65. The molecule has 0 unspecified atom stereocenters. The average molecular weight is 220 g/mol. The van der Waals surface area contributed by atoms with Gasteiger partial charge in [-0.1, -0.05) is 6.07 Å². The van der Waals surface area contributed by atoms with E-state index in [0.717, 1.165) is 11.6 Å². The summed E-state index contributed by atoms with van der Waals surface area (Å²) in [6, 6.07) is 8.15. The highest BCUT2D eigenvalue weighted by Gasteiger charge is 2.07. The predicted molar refractivity (Wildman–Crippen MR) is 58.2 cm³/mol. The summed E-state index contributed by atoms with van der Waals surface area (Å²) >= 11 is 0. The van der Waals surface area contributed by atoms with Crippen LogP contribution in [0.25, 0.3) is 11.1 Å². The van der Waals surface area contributed by atoms with Crippen molar-refractivity contribution in [2.75, 3.05) is 0 Å². The van der Waals surface area contributed by atoms with Gasteiger partial charge in [0.05, 0.1) is 0 Å². The van der Waals surface area contributed by atoms with E-state index in [1.807, 2.05) is 0 Å². The van der Waals surface area contributed by atoms with Gasteiger partial charge in [0, 0.05) is 11.6 Å². The third-order valence-electron chi connectivity index (χ3n) is 2.31. The number of rotatable bonds is 1. The van der Waals surface area contributed by atoms with Gasteiger partial charge >= 0.3 is 0 Å². The van der Waals surface area contributed by atoms with Gasteiger partial charge in [-0.3, -0.25) is 0 Å². The monoisotopic (exact) mass is 220 g/mol. The van der Waals surface area contributed by atoms with Crippen LogP contribution in [-0.4, -0.2) is 5.11 Å². The minimum absolute atomic E-state index is 0.144. The molecule has 0 atom stereocenters. The molecule has 0 heterocycles. The zero-order chi connectivity index (χ0) is 11.7. The fourth-order valence-corrected chi connectivity index (χ4v) is 1.63. The molecule has 2 aromatic carbocycles. The maximum Gasteiger partial charge on any atom is 0.134 e. The first-order chi connectivity index (χ1) is 7.56. The van der Waals surface area contributed by atoms with E-state index in [2.05, 4.69) is 0 Å². The summed E-state index contributed by atoms with van der Waals surface area (Å²) in [5.41, 5.74) is 1.47. The number of aryl methyl sites for hydroxylation is 1. The number of aromatic hydroxyl groups is 1. The highest BCUT2D eigenvalue weighted by molar-refractivity contribution is 5.65. The summed E-state index contributed by atoms with van der Waals surface area (Å²) in [6.07, 6.45) is 0. The molecule has 3 heteroatoms. The first-order valence-corrected chi connectivity index (χ1v) is 4.82. The molecule has 0 aromatic heterocycles. The van der Waals surface area contributed by atoms with Crippen LogP contribution in [0.4, 0.5) is 8.78 Å². The molecule has 0 aliphatic heterocycles. The van der Waals surface area contributed by atoms with Crippen molar-refractivity contribution in [1.82, 2.24) is 0 Å². The summed E-state index contributed by atoms with van der Waals surface area (Å²) in [5.74, 6) is -1.11. The molecular weight excluding hydrogens is 210 g/mol. The summed E-state index contributed by atoms with van der Waals surface area (Å²) in [5, 5.41) is 9.08. The smallest absolute Gasteiger partial charge is 0.134 e. The third kappa shape index (κ3) is 2.03. The van der Waals surface area contributed by atoms with E-state index >= 15 is 0 Å². The van der Waals surface area contributed by atoms with Crippen molar-refractivity contribution in [3.8, 4) is 16.9 Å². The van der Waals surface area contributed by atoms with Crippen molar-refractivity contribution < 1.29 is 13.9 Å². The standard InChI is InChI=1S/C13H10F2O/c1-8-4-9(6-10(14)5-8)12-3-2-11(16)7-13(12)15/h2-7,16H,1H3. The highest BCUT2D eigenvalue weighted by Crippen LogP contribution is 2.27. The molecule has 16 heavy (non-hydrogen) atoms. The number of phenolic OH excluding ortho intramolecular Hbond substituents is 1. The molecular formula is C13H10F2O. The first kappa shape index (κ1) is 10.6. The minimum Gasteiger partial charge on any atom is -0.508 e. The van der Waals surface area contributed by atoms with Gasteiger partial charge in [0.1, 0.15) is 17.4 Å². The van der Waals surface area contributed by atoms with Crippen LogP contribution in [0.15, 0.2) is 36.4 Å². The second-order valence-electron chi connectivity index (χ2n) is 3.68. The summed E-state index contributed by atoms with van der Waals surface area (Å²) in [6.45, 7) is 1.74. The zero-order valence-electron chi connectivity index (χ0n) is 8.67. The highest BCUT2D eigenvalue weighted by atomic mass is 19.1. The molecule has 0 fully saturated rings. The Morgan fingerprint density at radius 1 is 1.00 bits per heavy atom. The van der Waals surface area contributed by atoms with E-state index in [9.17, 15) is 8.78 Å². The molecule has 0 saturated carbocycles. The van der Waals surface area contributed by atoms with Gasteiger partial charge in [-0.15, -0.1) is 0 Å². The van der Waals surface area contributed by atoms with E-state index < -0.39 is 11.6 Å². The van der Waals surface area contributed by atoms with E-state index in [-0.39, 0.29) is 11.3 Å². The molecule has 1 N–H and O–H groups in total. The summed E-state index contributed by atoms with van der Waals surface area (Å²) < 4.78 is 26.7. The van der Waals surface area contributed by atoms with Gasteiger partial charge in [-0.05, 0) is 42.3 Å². The zero-order valence-corrected chi connectivity index (χ0v) is 8.67. The second-order valence-corrected chi connectivity index (χ2v) is 3.68. The Labute approximate surface area is 92.0 Å². The van der Waals surface area contributed by atoms with Crippen molar-refractivity contribution in [2.24, 2.45) is 0 Å². The maximum absolute atomic E-state index is 13.5. The van der Waals surface area contributed by atoms with E-state index in [1.165, 1.54) is 24.3 Å². The molecule has 0 aliphatic rings. The SMILES string of the molecule is Cc1cc(F)cc(-c2ccc(O)cc2F)c1. The molecule has 2 aromatic rings. The molecule has 0 saturated heterocycles. The third-order valence-corrected chi connectivity index (χ3v) is 2.31. The molecule has 1 nitrogen and oxygen atoms in total. The first-order valence-electron chi connectivity index (χ1n) is 4.82. The van der Waals surface area contributed by atoms with Gasteiger partial charge < -0.3 is 5.11 Å². The number of hydrogen-bond acceptors (Lipinski definition) is 1. The fourth-order valence-electron chi connectivity index (χ4n) is 1.63. The van der Waals surface area contributed by atoms with Crippen LogP contribution in [0, 0.1) is 18.6 Å². The molecule has 0 aliphatic carbocycles. The molecule has 0 radical (unpaired) electrons. The fraction of sp³-hybridized carbons (Fsp3) is 0.0769. The Hall–Kier alpha value is -1.90. The van der Waals surface area contributed by atoms with Gasteiger partial charge in [-0.2, -0.15) is 0 Å². The number of phenols is 1. The van der Waals surface area contributed by atoms with E-state index in [1.54, 1.807) is 13.0 Å². The second kappa shape index (κ2) is 3.93. The lowest BCUT2D eigenvalue weighted by atomic mass is 10.0. The number of hydrogen-bond donors (Lipinski definition) is 1. The van der Waals surface area contributed by atoms with Crippen molar-refractivity contribution >= 4 is 0 Å². The van der Waals surface area contributed by atoms with Crippen molar-refractivity contribution in [3.05, 3.63) is 53.6 Å². The molecule has 0 spiro atoms. The Balaban J connectivity index is 2.58. The van der Waals surface area contributed by atoms with Crippen LogP contribution in [0.5, 0.6) is 5.75 Å². The van der Waals surface area contributed by atoms with Gasteiger partial charge in [0.25, 0.3) is 0 Å². The number of halogens is 2. The van der Waals surface area contributed by atoms with Crippen molar-refractivity contribution in [2.45, 2.75) is 6.92 Å². The van der Waals surface area contributed by atoms with Crippen molar-refractivity contribution in [3.63, 3.8) is 0 Å². The quantitative estimate of drug-likeness (QED) is 0.777. The Morgan fingerprint density at radius 3 is 2.38 bits per heavy atom.